The average Bonchev–Trinajstić information content (AvgIpc) is 2.41. The molecule has 19 heavy (non-hydrogen) atoms. The number of esters is 1. The largest absolute Gasteiger partial charge is 0.468 e. The van der Waals surface area contributed by atoms with Crippen molar-refractivity contribution in [3.63, 3.8) is 0 Å². The number of carbonyl (C=O) groups excluding carboxylic acids is 2. The predicted molar refractivity (Wildman–Crippen MR) is 74.7 cm³/mol. The molecule has 1 aliphatic rings. The molecule has 1 saturated heterocycles. The molecule has 2 rings (SSSR count). The summed E-state index contributed by atoms with van der Waals surface area (Å²) in [5.74, 6) is -0.102. The van der Waals surface area contributed by atoms with Crippen LogP contribution in [0.1, 0.15) is 24.3 Å². The van der Waals surface area contributed by atoms with Crippen LogP contribution in [0.25, 0.3) is 0 Å². The second-order valence-electron chi connectivity index (χ2n) is 4.63. The first kappa shape index (κ1) is 14.1. The van der Waals surface area contributed by atoms with Gasteiger partial charge in [0.25, 0.3) is 0 Å². The Hall–Kier alpha value is -1.36. The van der Waals surface area contributed by atoms with Gasteiger partial charge in [-0.05, 0) is 30.0 Å². The summed E-state index contributed by atoms with van der Waals surface area (Å²) in [7, 11) is 1.33. The zero-order valence-corrected chi connectivity index (χ0v) is 12.4. The van der Waals surface area contributed by atoms with E-state index in [0.717, 1.165) is 10.9 Å². The lowest BCUT2D eigenvalue weighted by Crippen LogP contribution is -2.41. The maximum atomic E-state index is 12.0. The molecule has 1 aromatic carbocycles. The van der Waals surface area contributed by atoms with Crippen LogP contribution in [0.5, 0.6) is 0 Å². The summed E-state index contributed by atoms with van der Waals surface area (Å²) in [6.07, 6.45) is 1.34. The lowest BCUT2D eigenvalue weighted by atomic mass is 9.89. The Morgan fingerprint density at radius 3 is 2.68 bits per heavy atom. The summed E-state index contributed by atoms with van der Waals surface area (Å²) in [5, 5.41) is 0. The first-order valence-corrected chi connectivity index (χ1v) is 6.99. The standard InChI is InChI=1S/C14H16BrNO3/c1-19-14(18)9-16-7-6-11(8-13(16)17)10-2-4-12(15)5-3-10/h2-5,11H,6-9H2,1H3/t11-/m1/s1. The molecule has 4 nitrogen and oxygen atoms in total. The Bertz CT molecular complexity index is 472. The highest BCUT2D eigenvalue weighted by Crippen LogP contribution is 2.29. The van der Waals surface area contributed by atoms with Crippen molar-refractivity contribution in [3.8, 4) is 0 Å². The number of likely N-dealkylation sites (tertiary alicyclic amines) is 1. The number of hydrogen-bond acceptors (Lipinski definition) is 3. The van der Waals surface area contributed by atoms with Gasteiger partial charge in [0, 0.05) is 17.4 Å². The summed E-state index contributed by atoms with van der Waals surface area (Å²) in [6.45, 7) is 0.664. The molecule has 0 aliphatic carbocycles. The summed E-state index contributed by atoms with van der Waals surface area (Å²) in [5.41, 5.74) is 1.18. The van der Waals surface area contributed by atoms with E-state index < -0.39 is 0 Å². The molecule has 1 atom stereocenters. The molecule has 1 aliphatic heterocycles. The van der Waals surface area contributed by atoms with E-state index >= 15 is 0 Å². The second kappa shape index (κ2) is 6.19. The molecular formula is C14H16BrNO3. The van der Waals surface area contributed by atoms with E-state index in [9.17, 15) is 9.59 Å². The Morgan fingerprint density at radius 2 is 2.11 bits per heavy atom. The van der Waals surface area contributed by atoms with Crippen LogP contribution in [-0.2, 0) is 14.3 Å². The summed E-state index contributed by atoms with van der Waals surface area (Å²) in [6, 6.07) is 8.05. The SMILES string of the molecule is COC(=O)CN1CC[C@@H](c2ccc(Br)cc2)CC1=O. The van der Waals surface area contributed by atoms with Crippen molar-refractivity contribution in [2.24, 2.45) is 0 Å². The minimum atomic E-state index is -0.365. The lowest BCUT2D eigenvalue weighted by Gasteiger charge is -2.31. The number of piperidine rings is 1. The molecule has 0 bridgehead atoms. The van der Waals surface area contributed by atoms with Crippen LogP contribution < -0.4 is 0 Å². The Kier molecular flexibility index (Phi) is 4.58. The Morgan fingerprint density at radius 1 is 1.42 bits per heavy atom. The first-order chi connectivity index (χ1) is 9.10. The summed E-state index contributed by atoms with van der Waals surface area (Å²) >= 11 is 3.40. The molecule has 0 radical (unpaired) electrons. The van der Waals surface area contributed by atoms with Crippen LogP contribution in [0.15, 0.2) is 28.7 Å². The van der Waals surface area contributed by atoms with E-state index in [0.29, 0.717) is 13.0 Å². The third kappa shape index (κ3) is 3.56. The molecule has 1 aromatic rings. The van der Waals surface area contributed by atoms with Gasteiger partial charge in [-0.2, -0.15) is 0 Å². The van der Waals surface area contributed by atoms with Gasteiger partial charge in [0.05, 0.1) is 7.11 Å². The molecule has 102 valence electrons. The molecule has 0 N–H and O–H groups in total. The minimum absolute atomic E-state index is 0.0181. The highest BCUT2D eigenvalue weighted by atomic mass is 79.9. The van der Waals surface area contributed by atoms with Crippen LogP contribution in [0.2, 0.25) is 0 Å². The topological polar surface area (TPSA) is 46.6 Å². The number of carbonyl (C=O) groups is 2. The first-order valence-electron chi connectivity index (χ1n) is 6.20. The minimum Gasteiger partial charge on any atom is -0.468 e. The van der Waals surface area contributed by atoms with Gasteiger partial charge in [0.2, 0.25) is 5.91 Å². The summed E-state index contributed by atoms with van der Waals surface area (Å²) in [4.78, 5) is 24.8. The molecular weight excluding hydrogens is 310 g/mol. The van der Waals surface area contributed by atoms with Gasteiger partial charge in [0.1, 0.15) is 6.54 Å². The van der Waals surface area contributed by atoms with Crippen LogP contribution in [0.4, 0.5) is 0 Å². The van der Waals surface area contributed by atoms with E-state index in [2.05, 4.69) is 20.7 Å². The van der Waals surface area contributed by atoms with Crippen molar-refractivity contribution in [2.45, 2.75) is 18.8 Å². The second-order valence-corrected chi connectivity index (χ2v) is 5.55. The smallest absolute Gasteiger partial charge is 0.325 e. The molecule has 0 saturated carbocycles. The molecule has 1 fully saturated rings. The molecule has 5 heteroatoms. The van der Waals surface area contributed by atoms with Crippen LogP contribution in [-0.4, -0.2) is 37.0 Å². The van der Waals surface area contributed by atoms with Crippen molar-refractivity contribution in [2.75, 3.05) is 20.2 Å². The van der Waals surface area contributed by atoms with Gasteiger partial charge in [-0.25, -0.2) is 0 Å². The van der Waals surface area contributed by atoms with E-state index in [1.54, 1.807) is 4.90 Å². The van der Waals surface area contributed by atoms with Crippen LogP contribution in [0.3, 0.4) is 0 Å². The molecule has 1 amide bonds. The highest BCUT2D eigenvalue weighted by Gasteiger charge is 2.28. The average molecular weight is 326 g/mol. The summed E-state index contributed by atoms with van der Waals surface area (Å²) < 4.78 is 5.62. The van der Waals surface area contributed by atoms with Crippen molar-refractivity contribution in [1.29, 1.82) is 0 Å². The van der Waals surface area contributed by atoms with Crippen LogP contribution in [0, 0.1) is 0 Å². The highest BCUT2D eigenvalue weighted by molar-refractivity contribution is 9.10. The monoisotopic (exact) mass is 325 g/mol. The van der Waals surface area contributed by atoms with E-state index in [1.807, 2.05) is 24.3 Å². The maximum absolute atomic E-state index is 12.0. The van der Waals surface area contributed by atoms with Gasteiger partial charge >= 0.3 is 5.97 Å². The number of halogens is 1. The van der Waals surface area contributed by atoms with E-state index in [4.69, 9.17) is 0 Å². The fourth-order valence-corrected chi connectivity index (χ4v) is 2.55. The third-order valence-corrected chi connectivity index (χ3v) is 3.94. The van der Waals surface area contributed by atoms with Gasteiger partial charge in [-0.3, -0.25) is 9.59 Å². The normalized spacial score (nSPS) is 19.4. The lowest BCUT2D eigenvalue weighted by molar-refractivity contribution is -0.148. The van der Waals surface area contributed by atoms with Crippen molar-refractivity contribution >= 4 is 27.8 Å². The van der Waals surface area contributed by atoms with Crippen molar-refractivity contribution in [1.82, 2.24) is 4.90 Å². The zero-order valence-electron chi connectivity index (χ0n) is 10.8. The van der Waals surface area contributed by atoms with Gasteiger partial charge < -0.3 is 9.64 Å². The number of methoxy groups -OCH3 is 1. The van der Waals surface area contributed by atoms with Gasteiger partial charge in [-0.15, -0.1) is 0 Å². The number of hydrogen-bond donors (Lipinski definition) is 0. The Labute approximate surface area is 120 Å². The fraction of sp³-hybridized carbons (Fsp3) is 0.429. The third-order valence-electron chi connectivity index (χ3n) is 3.41. The fourth-order valence-electron chi connectivity index (χ4n) is 2.29. The van der Waals surface area contributed by atoms with Crippen LogP contribution >= 0.6 is 15.9 Å². The number of ether oxygens (including phenoxy) is 1. The van der Waals surface area contributed by atoms with E-state index in [1.165, 1.54) is 12.7 Å². The number of nitrogens with zero attached hydrogens (tertiary/aromatic N) is 1. The Balaban J connectivity index is 1.98. The quantitative estimate of drug-likeness (QED) is 0.801. The van der Waals surface area contributed by atoms with Crippen molar-refractivity contribution < 1.29 is 14.3 Å². The number of benzene rings is 1. The van der Waals surface area contributed by atoms with Gasteiger partial charge in [-0.1, -0.05) is 28.1 Å². The zero-order chi connectivity index (χ0) is 13.8. The number of rotatable bonds is 3. The number of amides is 1. The maximum Gasteiger partial charge on any atom is 0.325 e. The van der Waals surface area contributed by atoms with Gasteiger partial charge in [0.15, 0.2) is 0 Å². The van der Waals surface area contributed by atoms with Crippen molar-refractivity contribution in [3.05, 3.63) is 34.3 Å². The molecule has 1 heterocycles. The molecule has 0 aromatic heterocycles. The predicted octanol–water partition coefficient (Wildman–Crippen LogP) is 2.33. The molecule has 0 unspecified atom stereocenters. The molecule has 0 spiro atoms. The van der Waals surface area contributed by atoms with E-state index in [-0.39, 0.29) is 24.3 Å².